The molecule has 0 atom stereocenters. The molecule has 128 valence electrons. The summed E-state index contributed by atoms with van der Waals surface area (Å²) < 4.78 is 6.89. The fraction of sp³-hybridized carbons (Fsp3) is 0.100. The number of phenols is 1. The second-order valence-corrected chi connectivity index (χ2v) is 7.56. The number of halogens is 1. The molecule has 25 heavy (non-hydrogen) atoms. The van der Waals surface area contributed by atoms with Crippen molar-refractivity contribution in [2.24, 2.45) is 0 Å². The molecule has 0 aliphatic heterocycles. The summed E-state index contributed by atoms with van der Waals surface area (Å²) in [6.45, 7) is 0.598. The van der Waals surface area contributed by atoms with Crippen molar-refractivity contribution in [3.05, 3.63) is 76.8 Å². The average molecular weight is 416 g/mol. The Bertz CT molecular complexity index is 853. The summed E-state index contributed by atoms with van der Waals surface area (Å²) >= 11 is 5.03. The molecule has 0 spiro atoms. The zero-order chi connectivity index (χ0) is 17.6. The highest BCUT2D eigenvalue weighted by Gasteiger charge is 2.05. The molecular formula is C20H18BrNO2S. The highest BCUT2D eigenvalue weighted by molar-refractivity contribution is 9.10. The van der Waals surface area contributed by atoms with Gasteiger partial charge < -0.3 is 15.6 Å². The van der Waals surface area contributed by atoms with Crippen molar-refractivity contribution < 1.29 is 9.84 Å². The van der Waals surface area contributed by atoms with E-state index >= 15 is 0 Å². The van der Waals surface area contributed by atoms with Gasteiger partial charge in [-0.1, -0.05) is 39.8 Å². The molecule has 3 aromatic carbocycles. The zero-order valence-corrected chi connectivity index (χ0v) is 15.9. The number of nitrogen functional groups attached to an aromatic ring is 1. The third-order valence-corrected chi connectivity index (χ3v) is 5.19. The lowest BCUT2D eigenvalue weighted by Gasteiger charge is -2.10. The molecule has 0 amide bonds. The first-order chi connectivity index (χ1) is 12.1. The predicted octanol–water partition coefficient (Wildman–Crippen LogP) is 5.51. The van der Waals surface area contributed by atoms with Gasteiger partial charge >= 0.3 is 0 Å². The zero-order valence-electron chi connectivity index (χ0n) is 13.5. The first kappa shape index (κ1) is 17.7. The molecule has 0 saturated carbocycles. The van der Waals surface area contributed by atoms with Gasteiger partial charge in [-0.05, 0) is 54.1 Å². The van der Waals surface area contributed by atoms with Crippen molar-refractivity contribution in [3.63, 3.8) is 0 Å². The Labute approximate surface area is 160 Å². The van der Waals surface area contributed by atoms with Crippen LogP contribution in [0, 0.1) is 0 Å². The van der Waals surface area contributed by atoms with Crippen molar-refractivity contribution in [1.29, 1.82) is 0 Å². The molecule has 0 radical (unpaired) electrons. The molecular weight excluding hydrogens is 398 g/mol. The van der Waals surface area contributed by atoms with E-state index in [0.717, 1.165) is 26.4 Å². The molecule has 3 nitrogen and oxygen atoms in total. The van der Waals surface area contributed by atoms with Gasteiger partial charge in [-0.25, -0.2) is 0 Å². The molecule has 0 saturated heterocycles. The predicted molar refractivity (Wildman–Crippen MR) is 106 cm³/mol. The van der Waals surface area contributed by atoms with E-state index in [1.807, 2.05) is 42.5 Å². The van der Waals surface area contributed by atoms with Gasteiger partial charge in [0.15, 0.2) is 0 Å². The summed E-state index contributed by atoms with van der Waals surface area (Å²) in [4.78, 5) is 1.98. The van der Waals surface area contributed by atoms with Crippen LogP contribution in [0.1, 0.15) is 5.56 Å². The minimum Gasteiger partial charge on any atom is -0.508 e. The van der Waals surface area contributed by atoms with Gasteiger partial charge in [0.05, 0.1) is 6.61 Å². The van der Waals surface area contributed by atoms with E-state index in [1.54, 1.807) is 23.9 Å². The maximum absolute atomic E-state index is 9.34. The van der Waals surface area contributed by atoms with Gasteiger partial charge in [0.25, 0.3) is 0 Å². The Morgan fingerprint density at radius 1 is 1.00 bits per heavy atom. The van der Waals surface area contributed by atoms with Gasteiger partial charge in [-0.2, -0.15) is 0 Å². The van der Waals surface area contributed by atoms with Crippen LogP contribution in [0.4, 0.5) is 5.69 Å². The maximum Gasteiger partial charge on any atom is 0.121 e. The Morgan fingerprint density at radius 2 is 1.80 bits per heavy atom. The lowest BCUT2D eigenvalue weighted by atomic mass is 10.2. The molecule has 0 aliphatic rings. The SMILES string of the molecule is Nc1cc(OCCc2cccc(Br)c2)ccc1Sc1ccc(O)cc1. The minimum absolute atomic E-state index is 0.256. The largest absolute Gasteiger partial charge is 0.508 e. The highest BCUT2D eigenvalue weighted by atomic mass is 79.9. The van der Waals surface area contributed by atoms with E-state index in [-0.39, 0.29) is 5.75 Å². The number of benzene rings is 3. The second kappa shape index (κ2) is 8.32. The van der Waals surface area contributed by atoms with E-state index < -0.39 is 0 Å². The van der Waals surface area contributed by atoms with Crippen molar-refractivity contribution in [2.75, 3.05) is 12.3 Å². The van der Waals surface area contributed by atoms with Crippen LogP contribution in [0.25, 0.3) is 0 Å². The number of hydrogen-bond donors (Lipinski definition) is 2. The average Bonchev–Trinajstić information content (AvgIpc) is 2.59. The number of anilines is 1. The van der Waals surface area contributed by atoms with Crippen LogP contribution < -0.4 is 10.5 Å². The number of hydrogen-bond acceptors (Lipinski definition) is 4. The van der Waals surface area contributed by atoms with Crippen LogP contribution in [0.2, 0.25) is 0 Å². The number of rotatable bonds is 6. The van der Waals surface area contributed by atoms with E-state index in [1.165, 1.54) is 5.56 Å². The molecule has 0 aromatic heterocycles. The number of ether oxygens (including phenoxy) is 1. The molecule has 0 heterocycles. The fourth-order valence-corrected chi connectivity index (χ4v) is 3.62. The van der Waals surface area contributed by atoms with Gasteiger partial charge in [-0.3, -0.25) is 0 Å². The molecule has 5 heteroatoms. The topological polar surface area (TPSA) is 55.5 Å². The van der Waals surface area contributed by atoms with Crippen LogP contribution in [-0.4, -0.2) is 11.7 Å². The summed E-state index contributed by atoms with van der Waals surface area (Å²) in [6, 6.07) is 21.0. The quantitative estimate of drug-likeness (QED) is 0.521. The monoisotopic (exact) mass is 415 g/mol. The molecule has 0 unspecified atom stereocenters. The van der Waals surface area contributed by atoms with Crippen LogP contribution >= 0.6 is 27.7 Å². The van der Waals surface area contributed by atoms with Gasteiger partial charge in [0, 0.05) is 32.4 Å². The van der Waals surface area contributed by atoms with Crippen LogP contribution in [0.15, 0.2) is 81.0 Å². The number of phenolic OH excluding ortho intramolecular Hbond substituents is 1. The number of nitrogens with two attached hydrogens (primary N) is 1. The third kappa shape index (κ3) is 5.18. The van der Waals surface area contributed by atoms with Crippen molar-refractivity contribution in [2.45, 2.75) is 16.2 Å². The minimum atomic E-state index is 0.256. The van der Waals surface area contributed by atoms with E-state index in [9.17, 15) is 5.11 Å². The first-order valence-corrected chi connectivity index (χ1v) is 9.45. The summed E-state index contributed by atoms with van der Waals surface area (Å²) in [5.41, 5.74) is 8.05. The molecule has 0 bridgehead atoms. The van der Waals surface area contributed by atoms with Crippen molar-refractivity contribution in [1.82, 2.24) is 0 Å². The van der Waals surface area contributed by atoms with Crippen LogP contribution in [-0.2, 0) is 6.42 Å². The second-order valence-electron chi connectivity index (χ2n) is 5.52. The fourth-order valence-electron chi connectivity index (χ4n) is 2.33. The van der Waals surface area contributed by atoms with E-state index in [2.05, 4.69) is 28.1 Å². The lowest BCUT2D eigenvalue weighted by Crippen LogP contribution is -2.02. The molecule has 3 aromatic rings. The van der Waals surface area contributed by atoms with E-state index in [4.69, 9.17) is 10.5 Å². The van der Waals surface area contributed by atoms with Gasteiger partial charge in [0.1, 0.15) is 11.5 Å². The van der Waals surface area contributed by atoms with E-state index in [0.29, 0.717) is 12.3 Å². The number of aromatic hydroxyl groups is 1. The smallest absolute Gasteiger partial charge is 0.121 e. The Balaban J connectivity index is 1.58. The van der Waals surface area contributed by atoms with Crippen molar-refractivity contribution in [3.8, 4) is 11.5 Å². The Kier molecular flexibility index (Phi) is 5.89. The Hall–Kier alpha value is -2.11. The standard InChI is InChI=1S/C20H18BrNO2S/c21-15-3-1-2-14(12-15)10-11-24-17-6-9-20(19(22)13-17)25-18-7-4-16(23)5-8-18/h1-9,12-13,23H,10-11,22H2. The van der Waals surface area contributed by atoms with Crippen molar-refractivity contribution >= 4 is 33.4 Å². The summed E-state index contributed by atoms with van der Waals surface area (Å²) in [7, 11) is 0. The van der Waals surface area contributed by atoms with Gasteiger partial charge in [-0.15, -0.1) is 0 Å². The van der Waals surface area contributed by atoms with Gasteiger partial charge in [0.2, 0.25) is 0 Å². The summed E-state index contributed by atoms with van der Waals surface area (Å²) in [5.74, 6) is 1.02. The first-order valence-electron chi connectivity index (χ1n) is 7.84. The molecule has 3 rings (SSSR count). The normalized spacial score (nSPS) is 10.6. The highest BCUT2D eigenvalue weighted by Crippen LogP contribution is 2.34. The van der Waals surface area contributed by atoms with Crippen LogP contribution in [0.3, 0.4) is 0 Å². The molecule has 0 fully saturated rings. The lowest BCUT2D eigenvalue weighted by molar-refractivity contribution is 0.322. The Morgan fingerprint density at radius 3 is 2.52 bits per heavy atom. The summed E-state index contributed by atoms with van der Waals surface area (Å²) in [5, 5.41) is 9.34. The maximum atomic E-state index is 9.34. The molecule has 0 aliphatic carbocycles. The van der Waals surface area contributed by atoms with Crippen LogP contribution in [0.5, 0.6) is 11.5 Å². The summed E-state index contributed by atoms with van der Waals surface area (Å²) in [6.07, 6.45) is 0.837. The molecule has 3 N–H and O–H groups in total. The third-order valence-electron chi connectivity index (χ3n) is 3.59.